The minimum atomic E-state index is 0.0199. The summed E-state index contributed by atoms with van der Waals surface area (Å²) in [6.07, 6.45) is 0.993. The molecule has 1 heterocycles. The zero-order chi connectivity index (χ0) is 14.0. The molecule has 1 aromatic carbocycles. The van der Waals surface area contributed by atoms with Crippen LogP contribution in [-0.2, 0) is 0 Å². The van der Waals surface area contributed by atoms with Crippen LogP contribution in [0.2, 0.25) is 0 Å². The maximum Gasteiger partial charge on any atom is 0.253 e. The van der Waals surface area contributed by atoms with E-state index in [1.165, 1.54) is 0 Å². The van der Waals surface area contributed by atoms with Gasteiger partial charge in [-0.1, -0.05) is 13.8 Å². The third-order valence-electron chi connectivity index (χ3n) is 3.41. The Morgan fingerprint density at radius 3 is 2.63 bits per heavy atom. The molecule has 0 spiro atoms. The van der Waals surface area contributed by atoms with E-state index in [-0.39, 0.29) is 18.7 Å². The van der Waals surface area contributed by atoms with Gasteiger partial charge < -0.3 is 14.4 Å². The molecule has 0 saturated heterocycles. The molecule has 19 heavy (non-hydrogen) atoms. The van der Waals surface area contributed by atoms with E-state index >= 15 is 0 Å². The molecule has 1 amide bonds. The van der Waals surface area contributed by atoms with Crippen LogP contribution in [0.15, 0.2) is 18.2 Å². The SMILES string of the molecule is CC(C)C[C@@H](C)N(C)C(=O)c1ccc2c(c1)OCO2. The predicted octanol–water partition coefficient (Wildman–Crippen LogP) is 2.92. The lowest BCUT2D eigenvalue weighted by atomic mass is 10.0. The second kappa shape index (κ2) is 5.51. The van der Waals surface area contributed by atoms with Gasteiger partial charge in [0.05, 0.1) is 0 Å². The van der Waals surface area contributed by atoms with Crippen LogP contribution in [-0.4, -0.2) is 30.7 Å². The molecular formula is C15H21NO3. The molecular weight excluding hydrogens is 242 g/mol. The summed E-state index contributed by atoms with van der Waals surface area (Å²) in [7, 11) is 1.85. The van der Waals surface area contributed by atoms with Crippen LogP contribution in [0.1, 0.15) is 37.6 Å². The number of amides is 1. The molecule has 0 fully saturated rings. The highest BCUT2D eigenvalue weighted by Gasteiger charge is 2.21. The van der Waals surface area contributed by atoms with Gasteiger partial charge in [0, 0.05) is 18.7 Å². The van der Waals surface area contributed by atoms with E-state index in [9.17, 15) is 4.79 Å². The second-order valence-electron chi connectivity index (χ2n) is 5.46. The monoisotopic (exact) mass is 263 g/mol. The minimum absolute atomic E-state index is 0.0199. The zero-order valence-electron chi connectivity index (χ0n) is 12.0. The fourth-order valence-electron chi connectivity index (χ4n) is 2.27. The lowest BCUT2D eigenvalue weighted by molar-refractivity contribution is 0.0728. The average molecular weight is 263 g/mol. The molecule has 0 aromatic heterocycles. The van der Waals surface area contributed by atoms with E-state index < -0.39 is 0 Å². The molecule has 104 valence electrons. The summed E-state index contributed by atoms with van der Waals surface area (Å²) >= 11 is 0. The van der Waals surface area contributed by atoms with Crippen molar-refractivity contribution in [1.29, 1.82) is 0 Å². The molecule has 4 nitrogen and oxygen atoms in total. The van der Waals surface area contributed by atoms with Gasteiger partial charge in [-0.2, -0.15) is 0 Å². The number of nitrogens with zero attached hydrogens (tertiary/aromatic N) is 1. The van der Waals surface area contributed by atoms with Crippen molar-refractivity contribution in [2.24, 2.45) is 5.92 Å². The van der Waals surface area contributed by atoms with Crippen molar-refractivity contribution >= 4 is 5.91 Å². The molecule has 0 radical (unpaired) electrons. The van der Waals surface area contributed by atoms with Crippen molar-refractivity contribution in [3.63, 3.8) is 0 Å². The quantitative estimate of drug-likeness (QED) is 0.838. The van der Waals surface area contributed by atoms with Crippen molar-refractivity contribution in [2.45, 2.75) is 33.2 Å². The molecule has 0 aliphatic carbocycles. The van der Waals surface area contributed by atoms with Crippen molar-refractivity contribution in [3.8, 4) is 11.5 Å². The molecule has 0 bridgehead atoms. The molecule has 1 aliphatic heterocycles. The summed E-state index contributed by atoms with van der Waals surface area (Å²) in [5.74, 6) is 1.94. The Balaban J connectivity index is 2.11. The number of rotatable bonds is 4. The number of carbonyl (C=O) groups is 1. The summed E-state index contributed by atoms with van der Waals surface area (Å²) in [6.45, 7) is 6.63. The fourth-order valence-corrected chi connectivity index (χ4v) is 2.27. The van der Waals surface area contributed by atoms with E-state index in [4.69, 9.17) is 9.47 Å². The topological polar surface area (TPSA) is 38.8 Å². The standard InChI is InChI=1S/C15H21NO3/c1-10(2)7-11(3)16(4)15(17)12-5-6-13-14(8-12)19-9-18-13/h5-6,8,10-11H,7,9H2,1-4H3/t11-/m1/s1. The van der Waals surface area contributed by atoms with E-state index in [0.29, 0.717) is 23.0 Å². The molecule has 1 aliphatic rings. The predicted molar refractivity (Wildman–Crippen MR) is 73.6 cm³/mol. The third kappa shape index (κ3) is 3.00. The summed E-state index contributed by atoms with van der Waals surface area (Å²) < 4.78 is 10.5. The van der Waals surface area contributed by atoms with Crippen LogP contribution in [0.3, 0.4) is 0 Å². The summed E-state index contributed by atoms with van der Waals surface area (Å²) in [6, 6.07) is 5.55. The van der Waals surface area contributed by atoms with Crippen LogP contribution in [0.4, 0.5) is 0 Å². The normalized spacial score (nSPS) is 14.6. The molecule has 4 heteroatoms. The van der Waals surface area contributed by atoms with Gasteiger partial charge in [0.15, 0.2) is 11.5 Å². The van der Waals surface area contributed by atoms with Crippen molar-refractivity contribution in [3.05, 3.63) is 23.8 Å². The molecule has 0 unspecified atom stereocenters. The lowest BCUT2D eigenvalue weighted by Gasteiger charge is -2.26. The second-order valence-corrected chi connectivity index (χ2v) is 5.46. The summed E-state index contributed by atoms with van der Waals surface area (Å²) in [4.78, 5) is 14.2. The first kappa shape index (κ1) is 13.7. The van der Waals surface area contributed by atoms with Crippen LogP contribution >= 0.6 is 0 Å². The van der Waals surface area contributed by atoms with E-state index in [1.54, 1.807) is 23.1 Å². The lowest BCUT2D eigenvalue weighted by Crippen LogP contribution is -2.35. The number of hydrogen-bond donors (Lipinski definition) is 0. The van der Waals surface area contributed by atoms with Crippen molar-refractivity contribution in [2.75, 3.05) is 13.8 Å². The molecule has 0 N–H and O–H groups in total. The van der Waals surface area contributed by atoms with Crippen LogP contribution in [0.5, 0.6) is 11.5 Å². The number of carbonyl (C=O) groups excluding carboxylic acids is 1. The van der Waals surface area contributed by atoms with Crippen LogP contribution in [0.25, 0.3) is 0 Å². The van der Waals surface area contributed by atoms with Crippen LogP contribution in [0, 0.1) is 5.92 Å². The highest BCUT2D eigenvalue weighted by Crippen LogP contribution is 2.32. The minimum Gasteiger partial charge on any atom is -0.454 e. The number of fused-ring (bicyclic) bond motifs is 1. The van der Waals surface area contributed by atoms with Gasteiger partial charge in [0.2, 0.25) is 6.79 Å². The molecule has 1 aromatic rings. The Labute approximate surface area is 114 Å². The number of ether oxygens (including phenoxy) is 2. The van der Waals surface area contributed by atoms with Gasteiger partial charge in [-0.15, -0.1) is 0 Å². The van der Waals surface area contributed by atoms with Crippen LogP contribution < -0.4 is 9.47 Å². The molecule has 1 atom stereocenters. The summed E-state index contributed by atoms with van der Waals surface area (Å²) in [5.41, 5.74) is 0.641. The van der Waals surface area contributed by atoms with E-state index in [0.717, 1.165) is 6.42 Å². The molecule has 2 rings (SSSR count). The van der Waals surface area contributed by atoms with Gasteiger partial charge in [-0.25, -0.2) is 0 Å². The van der Waals surface area contributed by atoms with Crippen molar-refractivity contribution < 1.29 is 14.3 Å². The maximum atomic E-state index is 12.4. The first-order chi connectivity index (χ1) is 8.99. The van der Waals surface area contributed by atoms with E-state index in [2.05, 4.69) is 20.8 Å². The van der Waals surface area contributed by atoms with Gasteiger partial charge in [-0.05, 0) is 37.5 Å². The third-order valence-corrected chi connectivity index (χ3v) is 3.41. The largest absolute Gasteiger partial charge is 0.454 e. The van der Waals surface area contributed by atoms with Gasteiger partial charge in [0.25, 0.3) is 5.91 Å². The maximum absolute atomic E-state index is 12.4. The Morgan fingerprint density at radius 2 is 1.95 bits per heavy atom. The smallest absolute Gasteiger partial charge is 0.253 e. The highest BCUT2D eigenvalue weighted by atomic mass is 16.7. The van der Waals surface area contributed by atoms with Gasteiger partial charge in [-0.3, -0.25) is 4.79 Å². The van der Waals surface area contributed by atoms with Gasteiger partial charge in [0.1, 0.15) is 0 Å². The Morgan fingerprint density at radius 1 is 1.26 bits per heavy atom. The number of hydrogen-bond acceptors (Lipinski definition) is 3. The van der Waals surface area contributed by atoms with E-state index in [1.807, 2.05) is 7.05 Å². The highest BCUT2D eigenvalue weighted by molar-refractivity contribution is 5.95. The summed E-state index contributed by atoms with van der Waals surface area (Å²) in [5, 5.41) is 0. The first-order valence-corrected chi connectivity index (χ1v) is 6.66. The first-order valence-electron chi connectivity index (χ1n) is 6.66. The fraction of sp³-hybridized carbons (Fsp3) is 0.533. The van der Waals surface area contributed by atoms with Gasteiger partial charge >= 0.3 is 0 Å². The molecule has 0 saturated carbocycles. The average Bonchev–Trinajstić information content (AvgIpc) is 2.83. The van der Waals surface area contributed by atoms with Crippen molar-refractivity contribution in [1.82, 2.24) is 4.90 Å². The number of benzene rings is 1. The Hall–Kier alpha value is -1.71. The zero-order valence-corrected chi connectivity index (χ0v) is 12.0. The Kier molecular flexibility index (Phi) is 3.98. The Bertz CT molecular complexity index is 470.